The number of hydrogen-bond acceptors (Lipinski definition) is 9. The predicted molar refractivity (Wildman–Crippen MR) is 207 cm³/mol. The van der Waals surface area contributed by atoms with Gasteiger partial charge in [0, 0.05) is 17.0 Å². The fourth-order valence-corrected chi connectivity index (χ4v) is 9.35. The highest BCUT2D eigenvalue weighted by atomic mass is 32.2. The summed E-state index contributed by atoms with van der Waals surface area (Å²) in [4.78, 5) is 26.9. The van der Waals surface area contributed by atoms with Crippen molar-refractivity contribution in [1.29, 1.82) is 0 Å². The van der Waals surface area contributed by atoms with Crippen LogP contribution in [0.1, 0.15) is 40.7 Å². The summed E-state index contributed by atoms with van der Waals surface area (Å²) in [5.41, 5.74) is 2.34. The lowest BCUT2D eigenvalue weighted by Gasteiger charge is -2.17. The fraction of sp³-hybridized carbons (Fsp3) is 0.209. The van der Waals surface area contributed by atoms with Gasteiger partial charge in [0.15, 0.2) is 19.7 Å². The van der Waals surface area contributed by atoms with Gasteiger partial charge in [0.25, 0.3) is 0 Å². The number of carbonyl (C=O) groups excluding carboxylic acids is 2. The third kappa shape index (κ3) is 8.00. The van der Waals surface area contributed by atoms with Crippen LogP contribution in [0.25, 0.3) is 21.5 Å². The van der Waals surface area contributed by atoms with E-state index in [1.165, 1.54) is 72.8 Å². The smallest absolute Gasteiger partial charge is 0.317 e. The maximum Gasteiger partial charge on any atom is 0.317 e. The minimum Gasteiger partial charge on any atom is -0.456 e. The van der Waals surface area contributed by atoms with Gasteiger partial charge >= 0.3 is 11.9 Å². The van der Waals surface area contributed by atoms with Crippen LogP contribution in [0.4, 0.5) is 8.78 Å². The molecule has 1 saturated carbocycles. The SMILES string of the molecule is Cc1cc(Oc2c(C)c(CC(=O)OC(=O)Cc3cc4ccc(F)cc4c(Oc4ccc(S(=O)(=O)C5CC5)cc4)c3C)cc3ccc(F)cc23)ccc1S(C)(=O)=O. The lowest BCUT2D eigenvalue weighted by Crippen LogP contribution is -2.17. The molecule has 0 saturated heterocycles. The van der Waals surface area contributed by atoms with Crippen LogP contribution in [0.2, 0.25) is 0 Å². The normalized spacial score (nSPS) is 13.2. The fourth-order valence-electron chi connectivity index (χ4n) is 6.74. The number of ether oxygens (including phenoxy) is 3. The Morgan fingerprint density at radius 2 is 1.12 bits per heavy atom. The summed E-state index contributed by atoms with van der Waals surface area (Å²) in [6.45, 7) is 5.01. The number of sulfone groups is 2. The van der Waals surface area contributed by atoms with Crippen LogP contribution in [-0.4, -0.2) is 40.3 Å². The highest BCUT2D eigenvalue weighted by Crippen LogP contribution is 2.40. The van der Waals surface area contributed by atoms with Crippen LogP contribution in [0, 0.1) is 32.4 Å². The number of carbonyl (C=O) groups is 2. The number of hydrogen-bond donors (Lipinski definition) is 0. The quantitative estimate of drug-likeness (QED) is 0.0932. The number of fused-ring (bicyclic) bond motifs is 2. The lowest BCUT2D eigenvalue weighted by atomic mass is 9.97. The summed E-state index contributed by atoms with van der Waals surface area (Å²) in [7, 11) is -6.89. The van der Waals surface area contributed by atoms with E-state index in [4.69, 9.17) is 14.2 Å². The first kappa shape index (κ1) is 38.6. The van der Waals surface area contributed by atoms with Crippen molar-refractivity contribution in [3.8, 4) is 23.0 Å². The zero-order valence-electron chi connectivity index (χ0n) is 30.8. The molecular weight excluding hydrogens is 763 g/mol. The lowest BCUT2D eigenvalue weighted by molar-refractivity contribution is -0.158. The minimum absolute atomic E-state index is 0.142. The number of rotatable bonds is 11. The first-order chi connectivity index (χ1) is 26.5. The van der Waals surface area contributed by atoms with Crippen molar-refractivity contribution in [3.63, 3.8) is 0 Å². The summed E-state index contributed by atoms with van der Waals surface area (Å²) in [6, 6.07) is 22.1. The molecule has 7 rings (SSSR count). The molecule has 288 valence electrons. The van der Waals surface area contributed by atoms with E-state index in [9.17, 15) is 35.2 Å². The summed E-state index contributed by atoms with van der Waals surface area (Å²) in [5.74, 6) is -1.61. The minimum atomic E-state index is -3.48. The van der Waals surface area contributed by atoms with Crippen LogP contribution in [0.15, 0.2) is 101 Å². The largest absolute Gasteiger partial charge is 0.456 e. The molecule has 0 bridgehead atoms. The van der Waals surface area contributed by atoms with Crippen molar-refractivity contribution < 1.29 is 49.4 Å². The van der Waals surface area contributed by atoms with Gasteiger partial charge in [0.2, 0.25) is 0 Å². The van der Waals surface area contributed by atoms with Crippen molar-refractivity contribution in [1.82, 2.24) is 0 Å². The van der Waals surface area contributed by atoms with Gasteiger partial charge in [0.1, 0.15) is 34.6 Å². The van der Waals surface area contributed by atoms with E-state index in [1.807, 2.05) is 0 Å². The summed E-state index contributed by atoms with van der Waals surface area (Å²) >= 11 is 0. The van der Waals surface area contributed by atoms with Crippen LogP contribution in [0.3, 0.4) is 0 Å². The third-order valence-corrected chi connectivity index (χ3v) is 13.4. The molecule has 6 aromatic carbocycles. The maximum absolute atomic E-state index is 14.4. The molecular formula is C43H36F2O9S2. The molecule has 6 aromatic rings. The van der Waals surface area contributed by atoms with Crippen molar-refractivity contribution in [3.05, 3.63) is 130 Å². The monoisotopic (exact) mass is 798 g/mol. The Labute approximate surface area is 322 Å². The Morgan fingerprint density at radius 1 is 0.643 bits per heavy atom. The van der Waals surface area contributed by atoms with Crippen molar-refractivity contribution in [2.24, 2.45) is 0 Å². The molecule has 0 unspecified atom stereocenters. The van der Waals surface area contributed by atoms with Gasteiger partial charge in [-0.25, -0.2) is 25.6 Å². The Hall–Kier alpha value is -5.66. The Morgan fingerprint density at radius 3 is 1.59 bits per heavy atom. The van der Waals surface area contributed by atoms with Gasteiger partial charge in [-0.2, -0.15) is 0 Å². The maximum atomic E-state index is 14.4. The highest BCUT2D eigenvalue weighted by Gasteiger charge is 2.36. The Bertz CT molecular complexity index is 2810. The average molecular weight is 799 g/mol. The number of benzene rings is 6. The van der Waals surface area contributed by atoms with Gasteiger partial charge in [-0.3, -0.25) is 9.59 Å². The topological polar surface area (TPSA) is 130 Å². The predicted octanol–water partition coefficient (Wildman–Crippen LogP) is 8.98. The molecule has 0 aromatic heterocycles. The number of aryl methyl sites for hydroxylation is 1. The summed E-state index contributed by atoms with van der Waals surface area (Å²) in [5, 5.41) is 1.60. The van der Waals surface area contributed by atoms with Crippen molar-refractivity contribution in [2.75, 3.05) is 6.26 Å². The van der Waals surface area contributed by atoms with E-state index in [-0.39, 0.29) is 39.4 Å². The number of halogens is 2. The molecule has 0 N–H and O–H groups in total. The van der Waals surface area contributed by atoms with Crippen LogP contribution < -0.4 is 9.47 Å². The molecule has 9 nitrogen and oxygen atoms in total. The van der Waals surface area contributed by atoms with Crippen molar-refractivity contribution in [2.45, 2.75) is 61.5 Å². The Kier molecular flexibility index (Phi) is 10.2. The zero-order chi connectivity index (χ0) is 40.1. The van der Waals surface area contributed by atoms with Gasteiger partial charge in [-0.05, 0) is 139 Å². The van der Waals surface area contributed by atoms with E-state index >= 15 is 0 Å². The molecule has 1 aliphatic carbocycles. The molecule has 0 radical (unpaired) electrons. The molecule has 0 spiro atoms. The Balaban J connectivity index is 1.12. The van der Waals surface area contributed by atoms with E-state index in [2.05, 4.69) is 0 Å². The first-order valence-corrected chi connectivity index (χ1v) is 21.1. The van der Waals surface area contributed by atoms with Gasteiger partial charge in [-0.15, -0.1) is 0 Å². The second kappa shape index (κ2) is 14.8. The molecule has 0 aliphatic heterocycles. The van der Waals surface area contributed by atoms with Gasteiger partial charge in [-0.1, -0.05) is 24.3 Å². The molecule has 1 fully saturated rings. The standard InChI is InChI=1S/C43H36F2O9S2/c1-24-17-34(11-16-39(24)55(4,48)49)53-43-26(3)30(19-28-6-8-32(45)23-38(28)43)21-41(47)54-40(46)20-29-18-27-5-7-31(44)22-37(27)42(25(29)2)52-33-9-12-35(13-10-33)56(50,51)36-14-15-36/h5-13,16-19,22-23,36H,14-15,20-21H2,1-4H3. The first-order valence-electron chi connectivity index (χ1n) is 17.7. The van der Waals surface area contributed by atoms with E-state index in [1.54, 1.807) is 39.0 Å². The summed E-state index contributed by atoms with van der Waals surface area (Å²) in [6.07, 6.45) is 1.71. The number of esters is 2. The second-order valence-corrected chi connectivity index (χ2v) is 18.2. The van der Waals surface area contributed by atoms with Crippen LogP contribution in [-0.2, 0) is 46.8 Å². The van der Waals surface area contributed by atoms with E-state index in [0.29, 0.717) is 73.7 Å². The second-order valence-electron chi connectivity index (χ2n) is 14.0. The molecule has 1 aliphatic rings. The van der Waals surface area contributed by atoms with Gasteiger partial charge < -0.3 is 14.2 Å². The van der Waals surface area contributed by atoms with Crippen molar-refractivity contribution >= 4 is 53.2 Å². The zero-order valence-corrected chi connectivity index (χ0v) is 32.4. The van der Waals surface area contributed by atoms with Crippen LogP contribution in [0.5, 0.6) is 23.0 Å². The molecule has 13 heteroatoms. The summed E-state index contributed by atoms with van der Waals surface area (Å²) < 4.78 is 96.2. The average Bonchev–Trinajstić information content (AvgIpc) is 3.99. The molecule has 0 heterocycles. The van der Waals surface area contributed by atoms with E-state index in [0.717, 1.165) is 6.26 Å². The molecule has 0 amide bonds. The van der Waals surface area contributed by atoms with Gasteiger partial charge in [0.05, 0.1) is 27.9 Å². The van der Waals surface area contributed by atoms with E-state index < -0.39 is 43.2 Å². The molecule has 56 heavy (non-hydrogen) atoms. The highest BCUT2D eigenvalue weighted by molar-refractivity contribution is 7.92. The molecule has 0 atom stereocenters. The van der Waals surface area contributed by atoms with Crippen LogP contribution >= 0.6 is 0 Å². The third-order valence-electron chi connectivity index (χ3n) is 9.82.